The SMILES string of the molecule is CC(C)Oc1ccc2c(Cl)nc(C(=O)NCCN)c(O)c2c1.O=C(O)C(F)(F)F. The van der Waals surface area contributed by atoms with Gasteiger partial charge in [0, 0.05) is 23.9 Å². The molecule has 0 fully saturated rings. The van der Waals surface area contributed by atoms with Crippen LogP contribution in [0.3, 0.4) is 0 Å². The summed E-state index contributed by atoms with van der Waals surface area (Å²) in [5.41, 5.74) is 5.21. The number of rotatable bonds is 5. The van der Waals surface area contributed by atoms with Gasteiger partial charge >= 0.3 is 12.1 Å². The molecule has 2 aromatic rings. The molecule has 0 aliphatic carbocycles. The maximum atomic E-state index is 12.0. The first-order valence-electron chi connectivity index (χ1n) is 8.15. The van der Waals surface area contributed by atoms with Crippen LogP contribution >= 0.6 is 11.6 Å². The van der Waals surface area contributed by atoms with E-state index in [-0.39, 0.29) is 29.2 Å². The zero-order valence-electron chi connectivity index (χ0n) is 15.4. The summed E-state index contributed by atoms with van der Waals surface area (Å²) in [6, 6.07) is 5.07. The van der Waals surface area contributed by atoms with E-state index in [1.54, 1.807) is 18.2 Å². The van der Waals surface area contributed by atoms with Crippen molar-refractivity contribution in [1.82, 2.24) is 10.3 Å². The van der Waals surface area contributed by atoms with Crippen LogP contribution < -0.4 is 15.8 Å². The zero-order valence-corrected chi connectivity index (χ0v) is 16.1. The van der Waals surface area contributed by atoms with E-state index >= 15 is 0 Å². The first kappa shape index (κ1) is 24.2. The number of alkyl halides is 3. The predicted molar refractivity (Wildman–Crippen MR) is 99.3 cm³/mol. The van der Waals surface area contributed by atoms with E-state index in [9.17, 15) is 23.1 Å². The summed E-state index contributed by atoms with van der Waals surface area (Å²) in [6.45, 7) is 4.37. The molecular formula is C17H19ClF3N3O5. The zero-order chi connectivity index (χ0) is 22.4. The van der Waals surface area contributed by atoms with Crippen LogP contribution in [0.5, 0.6) is 11.5 Å². The minimum atomic E-state index is -5.08. The number of carboxylic acids is 1. The summed E-state index contributed by atoms with van der Waals surface area (Å²) >= 11 is 6.10. The lowest BCUT2D eigenvalue weighted by molar-refractivity contribution is -0.192. The first-order chi connectivity index (χ1) is 13.4. The fraction of sp³-hybridized carbons (Fsp3) is 0.353. The van der Waals surface area contributed by atoms with Gasteiger partial charge in [0.1, 0.15) is 10.9 Å². The number of carbonyl (C=O) groups is 2. The third kappa shape index (κ3) is 6.95. The monoisotopic (exact) mass is 437 g/mol. The Morgan fingerprint density at radius 1 is 1.31 bits per heavy atom. The number of fused-ring (bicyclic) bond motifs is 1. The molecule has 0 aliphatic rings. The number of hydrogen-bond acceptors (Lipinski definition) is 6. The van der Waals surface area contributed by atoms with Gasteiger partial charge in [0.2, 0.25) is 0 Å². The Hall–Kier alpha value is -2.79. The highest BCUT2D eigenvalue weighted by molar-refractivity contribution is 6.35. The van der Waals surface area contributed by atoms with Gasteiger partial charge < -0.3 is 26.0 Å². The van der Waals surface area contributed by atoms with Gasteiger partial charge in [-0.25, -0.2) is 9.78 Å². The Balaban J connectivity index is 0.000000516. The topological polar surface area (TPSA) is 135 Å². The molecule has 0 saturated carbocycles. The number of aromatic nitrogens is 1. The Labute approximate surface area is 168 Å². The van der Waals surface area contributed by atoms with Crippen LogP contribution in [0.15, 0.2) is 18.2 Å². The molecule has 2 rings (SSSR count). The van der Waals surface area contributed by atoms with Crippen molar-refractivity contribution in [3.8, 4) is 11.5 Å². The standard InChI is InChI=1S/C15H18ClN3O3.C2HF3O2/c1-8(2)22-9-3-4-10-11(7-9)13(20)12(19-14(10)16)15(21)18-6-5-17;3-2(4,5)1(6)7/h3-4,7-8,20H,5-6,17H2,1-2H3,(H,18,21);(H,6,7). The number of aliphatic carboxylic acids is 1. The number of aromatic hydroxyl groups is 1. The first-order valence-corrected chi connectivity index (χ1v) is 8.53. The van der Waals surface area contributed by atoms with Crippen LogP contribution in [0.4, 0.5) is 13.2 Å². The van der Waals surface area contributed by atoms with E-state index in [1.165, 1.54) is 0 Å². The van der Waals surface area contributed by atoms with E-state index in [2.05, 4.69) is 10.3 Å². The van der Waals surface area contributed by atoms with Gasteiger partial charge in [0.05, 0.1) is 6.10 Å². The van der Waals surface area contributed by atoms with Crippen molar-refractivity contribution < 1.29 is 37.7 Å². The van der Waals surface area contributed by atoms with Gasteiger partial charge in [-0.1, -0.05) is 11.6 Å². The largest absolute Gasteiger partial charge is 0.505 e. The summed E-state index contributed by atoms with van der Waals surface area (Å²) < 4.78 is 37.3. The van der Waals surface area contributed by atoms with Crippen LogP contribution in [0.1, 0.15) is 24.3 Å². The Kier molecular flexibility index (Phi) is 8.46. The molecule has 12 heteroatoms. The number of pyridine rings is 1. The molecule has 160 valence electrons. The fourth-order valence-corrected chi connectivity index (χ4v) is 2.26. The number of halogens is 4. The van der Waals surface area contributed by atoms with Crippen molar-refractivity contribution in [2.75, 3.05) is 13.1 Å². The van der Waals surface area contributed by atoms with Crippen molar-refractivity contribution >= 4 is 34.2 Å². The van der Waals surface area contributed by atoms with Crippen molar-refractivity contribution in [2.24, 2.45) is 5.73 Å². The number of ether oxygens (including phenoxy) is 1. The summed E-state index contributed by atoms with van der Waals surface area (Å²) in [7, 11) is 0. The lowest BCUT2D eigenvalue weighted by atomic mass is 10.1. The normalized spacial score (nSPS) is 11.0. The number of carbonyl (C=O) groups excluding carboxylic acids is 1. The van der Waals surface area contributed by atoms with Crippen LogP contribution in [-0.2, 0) is 4.79 Å². The average molecular weight is 438 g/mol. The summed E-state index contributed by atoms with van der Waals surface area (Å²) in [4.78, 5) is 24.9. The van der Waals surface area contributed by atoms with Crippen molar-refractivity contribution in [2.45, 2.75) is 26.1 Å². The van der Waals surface area contributed by atoms with Crippen LogP contribution in [0.2, 0.25) is 5.15 Å². The van der Waals surface area contributed by atoms with E-state index < -0.39 is 18.1 Å². The quantitative estimate of drug-likeness (QED) is 0.528. The van der Waals surface area contributed by atoms with Gasteiger partial charge in [-0.2, -0.15) is 13.2 Å². The highest BCUT2D eigenvalue weighted by atomic mass is 35.5. The number of hydrogen-bond donors (Lipinski definition) is 4. The van der Waals surface area contributed by atoms with Crippen LogP contribution in [0.25, 0.3) is 10.8 Å². The summed E-state index contributed by atoms with van der Waals surface area (Å²) in [5.74, 6) is -2.94. The molecule has 5 N–H and O–H groups in total. The maximum absolute atomic E-state index is 12.0. The lowest BCUT2D eigenvalue weighted by Gasteiger charge is -2.13. The highest BCUT2D eigenvalue weighted by Gasteiger charge is 2.38. The maximum Gasteiger partial charge on any atom is 0.490 e. The van der Waals surface area contributed by atoms with Crippen LogP contribution in [0, 0.1) is 0 Å². The molecular weight excluding hydrogens is 419 g/mol. The molecule has 0 unspecified atom stereocenters. The Morgan fingerprint density at radius 2 is 1.90 bits per heavy atom. The van der Waals surface area contributed by atoms with Crippen molar-refractivity contribution in [3.63, 3.8) is 0 Å². The minimum Gasteiger partial charge on any atom is -0.505 e. The molecule has 1 heterocycles. The van der Waals surface area contributed by atoms with Gasteiger partial charge in [0.25, 0.3) is 5.91 Å². The van der Waals surface area contributed by atoms with Crippen molar-refractivity contribution in [1.29, 1.82) is 0 Å². The molecule has 29 heavy (non-hydrogen) atoms. The molecule has 0 atom stereocenters. The number of amides is 1. The second-order valence-corrected chi connectivity index (χ2v) is 6.18. The average Bonchev–Trinajstić information content (AvgIpc) is 2.61. The Bertz CT molecular complexity index is 891. The van der Waals surface area contributed by atoms with E-state index in [0.717, 1.165) is 0 Å². The molecule has 0 spiro atoms. The van der Waals surface area contributed by atoms with Gasteiger partial charge in [-0.05, 0) is 32.0 Å². The van der Waals surface area contributed by atoms with Crippen molar-refractivity contribution in [3.05, 3.63) is 29.0 Å². The van der Waals surface area contributed by atoms with Crippen LogP contribution in [-0.4, -0.2) is 52.4 Å². The molecule has 0 bridgehead atoms. The van der Waals surface area contributed by atoms with Gasteiger partial charge in [0.15, 0.2) is 11.4 Å². The predicted octanol–water partition coefficient (Wildman–Crippen LogP) is 2.70. The number of nitrogens with one attached hydrogen (secondary N) is 1. The molecule has 1 aromatic carbocycles. The van der Waals surface area contributed by atoms with E-state index in [1.807, 2.05) is 13.8 Å². The van der Waals surface area contributed by atoms with E-state index in [4.69, 9.17) is 32.0 Å². The van der Waals surface area contributed by atoms with Gasteiger partial charge in [-0.3, -0.25) is 4.79 Å². The molecule has 0 aliphatic heterocycles. The number of benzene rings is 1. The fourth-order valence-electron chi connectivity index (χ4n) is 2.01. The number of nitrogens with two attached hydrogens (primary N) is 1. The van der Waals surface area contributed by atoms with Gasteiger partial charge in [-0.15, -0.1) is 0 Å². The molecule has 1 amide bonds. The third-order valence-electron chi connectivity index (χ3n) is 3.16. The van der Waals surface area contributed by atoms with E-state index in [0.29, 0.717) is 23.1 Å². The molecule has 8 nitrogen and oxygen atoms in total. The number of carboxylic acid groups (broad SMARTS) is 1. The smallest absolute Gasteiger partial charge is 0.490 e. The Morgan fingerprint density at radius 3 is 2.38 bits per heavy atom. The lowest BCUT2D eigenvalue weighted by Crippen LogP contribution is -2.29. The molecule has 1 aromatic heterocycles. The number of nitrogens with zero attached hydrogens (tertiary/aromatic N) is 1. The molecule has 0 radical (unpaired) electrons. The summed E-state index contributed by atoms with van der Waals surface area (Å²) in [6.07, 6.45) is -5.09. The highest BCUT2D eigenvalue weighted by Crippen LogP contribution is 2.34. The second-order valence-electron chi connectivity index (χ2n) is 5.82. The molecule has 0 saturated heterocycles. The third-order valence-corrected chi connectivity index (χ3v) is 3.45. The minimum absolute atomic E-state index is 0.00998. The summed E-state index contributed by atoms with van der Waals surface area (Å²) in [5, 5.41) is 21.1. The second kappa shape index (κ2) is 10.1.